The lowest BCUT2D eigenvalue weighted by molar-refractivity contribution is 0.0727. The minimum absolute atomic E-state index is 0.0616. The smallest absolute Gasteiger partial charge is 0.271 e. The van der Waals surface area contributed by atoms with Crippen molar-refractivity contribution in [3.63, 3.8) is 0 Å². The number of thiazole rings is 1. The fourth-order valence-electron chi connectivity index (χ4n) is 2.79. The average molecular weight is 380 g/mol. The van der Waals surface area contributed by atoms with Crippen LogP contribution in [-0.4, -0.2) is 27.8 Å². The third-order valence-electron chi connectivity index (χ3n) is 4.58. The number of pyridine rings is 1. The van der Waals surface area contributed by atoms with Gasteiger partial charge >= 0.3 is 0 Å². The second-order valence-corrected chi connectivity index (χ2v) is 8.14. The van der Waals surface area contributed by atoms with Crippen LogP contribution in [0.1, 0.15) is 52.4 Å². The molecule has 0 bridgehead atoms. The number of amides is 2. The Morgan fingerprint density at radius 2 is 1.85 bits per heavy atom. The van der Waals surface area contributed by atoms with Crippen LogP contribution in [0.5, 0.6) is 0 Å². The second kappa shape index (κ2) is 6.71. The van der Waals surface area contributed by atoms with E-state index in [0.29, 0.717) is 4.88 Å². The van der Waals surface area contributed by atoms with Crippen molar-refractivity contribution in [1.29, 1.82) is 0 Å². The molecule has 0 aromatic carbocycles. The minimum atomic E-state index is -1.09. The predicted molar refractivity (Wildman–Crippen MR) is 93.2 cm³/mol. The molecule has 2 N–H and O–H groups in total. The van der Waals surface area contributed by atoms with Gasteiger partial charge in [0, 0.05) is 28.6 Å². The van der Waals surface area contributed by atoms with Gasteiger partial charge < -0.3 is 5.32 Å². The summed E-state index contributed by atoms with van der Waals surface area (Å²) < 4.78 is 26.3. The number of nitrogens with zero attached hydrogens (tertiary/aromatic N) is 2. The van der Waals surface area contributed by atoms with Gasteiger partial charge in [-0.3, -0.25) is 14.9 Å². The van der Waals surface area contributed by atoms with Crippen molar-refractivity contribution in [2.24, 2.45) is 5.41 Å². The van der Waals surface area contributed by atoms with E-state index in [9.17, 15) is 18.4 Å². The van der Waals surface area contributed by atoms with E-state index in [4.69, 9.17) is 0 Å². The molecule has 0 radical (unpaired) electrons. The van der Waals surface area contributed by atoms with Crippen LogP contribution in [0.2, 0.25) is 0 Å². The molecule has 2 aromatic rings. The lowest BCUT2D eigenvalue weighted by Gasteiger charge is -2.44. The molecule has 2 amide bonds. The van der Waals surface area contributed by atoms with Crippen molar-refractivity contribution in [1.82, 2.24) is 15.3 Å². The molecule has 1 aliphatic carbocycles. The quantitative estimate of drug-likeness (QED) is 0.797. The number of rotatable bonds is 4. The molecule has 1 unspecified atom stereocenters. The van der Waals surface area contributed by atoms with Gasteiger partial charge in [-0.25, -0.2) is 4.98 Å². The first-order valence-corrected chi connectivity index (χ1v) is 8.90. The molecule has 0 spiro atoms. The third kappa shape index (κ3) is 3.72. The van der Waals surface area contributed by atoms with Crippen LogP contribution in [0.25, 0.3) is 0 Å². The SMILES string of the molecule is Cc1sc(NC(=O)c2cc(F)nc(F)c2)nc1C(=O)NC1CCC1(C)C. The van der Waals surface area contributed by atoms with Crippen LogP contribution in [0.3, 0.4) is 0 Å². The highest BCUT2D eigenvalue weighted by Crippen LogP contribution is 2.40. The number of aryl methyl sites for hydroxylation is 1. The Balaban J connectivity index is 1.71. The molecule has 1 atom stereocenters. The zero-order valence-corrected chi connectivity index (χ0v) is 15.3. The fourth-order valence-corrected chi connectivity index (χ4v) is 3.59. The zero-order chi connectivity index (χ0) is 19.1. The van der Waals surface area contributed by atoms with Gasteiger partial charge in [0.05, 0.1) is 0 Å². The molecule has 3 rings (SSSR count). The van der Waals surface area contributed by atoms with Crippen LogP contribution in [-0.2, 0) is 0 Å². The molecule has 9 heteroatoms. The molecule has 1 fully saturated rings. The lowest BCUT2D eigenvalue weighted by Crippen LogP contribution is -2.52. The number of halogens is 2. The number of hydrogen-bond donors (Lipinski definition) is 2. The number of hydrogen-bond acceptors (Lipinski definition) is 5. The first-order chi connectivity index (χ1) is 12.2. The van der Waals surface area contributed by atoms with Gasteiger partial charge in [0.1, 0.15) is 5.69 Å². The van der Waals surface area contributed by atoms with Crippen molar-refractivity contribution in [2.45, 2.75) is 39.7 Å². The van der Waals surface area contributed by atoms with E-state index in [1.165, 1.54) is 0 Å². The first kappa shape index (κ1) is 18.4. The van der Waals surface area contributed by atoms with Crippen molar-refractivity contribution in [3.05, 3.63) is 40.2 Å². The summed E-state index contributed by atoms with van der Waals surface area (Å²) in [5, 5.41) is 5.60. The summed E-state index contributed by atoms with van der Waals surface area (Å²) in [6, 6.07) is 1.74. The summed E-state index contributed by atoms with van der Waals surface area (Å²) in [5.41, 5.74) is 0.0803. The highest BCUT2D eigenvalue weighted by Gasteiger charge is 2.39. The second-order valence-electron chi connectivity index (χ2n) is 6.93. The number of carbonyl (C=O) groups excluding carboxylic acids is 2. The Hall–Kier alpha value is -2.42. The van der Waals surface area contributed by atoms with E-state index in [1.54, 1.807) is 6.92 Å². The van der Waals surface area contributed by atoms with Gasteiger partial charge in [0.2, 0.25) is 11.9 Å². The van der Waals surface area contributed by atoms with Gasteiger partial charge in [-0.15, -0.1) is 11.3 Å². The van der Waals surface area contributed by atoms with E-state index >= 15 is 0 Å². The molecule has 26 heavy (non-hydrogen) atoms. The van der Waals surface area contributed by atoms with Crippen LogP contribution in [0, 0.1) is 24.2 Å². The van der Waals surface area contributed by atoms with Crippen LogP contribution in [0.4, 0.5) is 13.9 Å². The maximum absolute atomic E-state index is 13.1. The van der Waals surface area contributed by atoms with Crippen molar-refractivity contribution in [3.8, 4) is 0 Å². The fraction of sp³-hybridized carbons (Fsp3) is 0.412. The van der Waals surface area contributed by atoms with Gasteiger partial charge in [-0.1, -0.05) is 13.8 Å². The summed E-state index contributed by atoms with van der Waals surface area (Å²) in [7, 11) is 0. The molecule has 0 saturated heterocycles. The van der Waals surface area contributed by atoms with E-state index in [-0.39, 0.29) is 33.8 Å². The Labute approximate surface area is 153 Å². The minimum Gasteiger partial charge on any atom is -0.347 e. The van der Waals surface area contributed by atoms with Crippen LogP contribution in [0.15, 0.2) is 12.1 Å². The first-order valence-electron chi connectivity index (χ1n) is 8.08. The molecular weight excluding hydrogens is 362 g/mol. The highest BCUT2D eigenvalue weighted by atomic mass is 32.1. The lowest BCUT2D eigenvalue weighted by atomic mass is 9.67. The summed E-state index contributed by atoms with van der Waals surface area (Å²) in [6.45, 7) is 5.90. The van der Waals surface area contributed by atoms with Crippen LogP contribution >= 0.6 is 11.3 Å². The van der Waals surface area contributed by atoms with Gasteiger partial charge in [0.15, 0.2) is 5.13 Å². The zero-order valence-electron chi connectivity index (χ0n) is 14.5. The van der Waals surface area contributed by atoms with E-state index in [0.717, 1.165) is 36.3 Å². The van der Waals surface area contributed by atoms with E-state index in [2.05, 4.69) is 34.4 Å². The summed E-state index contributed by atoms with van der Waals surface area (Å²) in [6.07, 6.45) is 1.97. The van der Waals surface area contributed by atoms with Gasteiger partial charge in [-0.05, 0) is 25.2 Å². The Morgan fingerprint density at radius 3 is 2.38 bits per heavy atom. The van der Waals surface area contributed by atoms with Crippen molar-refractivity contribution in [2.75, 3.05) is 5.32 Å². The number of carbonyl (C=O) groups is 2. The molecule has 2 aromatic heterocycles. The maximum Gasteiger partial charge on any atom is 0.271 e. The Kier molecular flexibility index (Phi) is 4.74. The Bertz CT molecular complexity index is 861. The topological polar surface area (TPSA) is 84.0 Å². The molecular formula is C17H18F2N4O2S. The van der Waals surface area contributed by atoms with Crippen molar-refractivity contribution >= 4 is 28.3 Å². The molecule has 2 heterocycles. The van der Waals surface area contributed by atoms with Gasteiger partial charge in [-0.2, -0.15) is 13.8 Å². The molecule has 0 aliphatic heterocycles. The normalized spacial score (nSPS) is 18.1. The van der Waals surface area contributed by atoms with E-state index in [1.807, 2.05) is 0 Å². The van der Waals surface area contributed by atoms with Crippen molar-refractivity contribution < 1.29 is 18.4 Å². The van der Waals surface area contributed by atoms with Gasteiger partial charge in [0.25, 0.3) is 11.8 Å². The summed E-state index contributed by atoms with van der Waals surface area (Å²) >= 11 is 1.12. The number of nitrogens with one attached hydrogen (secondary N) is 2. The molecule has 1 aliphatic rings. The van der Waals surface area contributed by atoms with Crippen LogP contribution < -0.4 is 10.6 Å². The molecule has 1 saturated carbocycles. The largest absolute Gasteiger partial charge is 0.347 e. The number of anilines is 1. The highest BCUT2D eigenvalue weighted by molar-refractivity contribution is 7.16. The standard InChI is InChI=1S/C17H18F2N4O2S/c1-8-13(15(25)20-10-4-5-17(10,2)3)22-16(26-8)23-14(24)9-6-11(18)21-12(19)7-9/h6-7,10H,4-5H2,1-3H3,(H,20,25)(H,22,23,24). The predicted octanol–water partition coefficient (Wildman–Crippen LogP) is 3.30. The monoisotopic (exact) mass is 380 g/mol. The Morgan fingerprint density at radius 1 is 1.19 bits per heavy atom. The molecule has 6 nitrogen and oxygen atoms in total. The number of aromatic nitrogens is 2. The third-order valence-corrected chi connectivity index (χ3v) is 5.47. The van der Waals surface area contributed by atoms with E-state index < -0.39 is 17.8 Å². The maximum atomic E-state index is 13.1. The average Bonchev–Trinajstić information content (AvgIpc) is 2.91. The summed E-state index contributed by atoms with van der Waals surface area (Å²) in [5.74, 6) is -3.20. The molecule has 138 valence electrons. The summed E-state index contributed by atoms with van der Waals surface area (Å²) in [4.78, 5) is 32.3.